The van der Waals surface area contributed by atoms with E-state index in [1.54, 1.807) is 6.92 Å². The molecule has 0 spiro atoms. The van der Waals surface area contributed by atoms with Gasteiger partial charge in [0.15, 0.2) is 11.5 Å². The van der Waals surface area contributed by atoms with Crippen molar-refractivity contribution in [2.24, 2.45) is 5.92 Å². The number of carboxylic acid groups (broad SMARTS) is 1. The molecule has 0 bridgehead atoms. The van der Waals surface area contributed by atoms with E-state index in [9.17, 15) is 14.9 Å². The van der Waals surface area contributed by atoms with Crippen LogP contribution in [0.4, 0.5) is 11.4 Å². The summed E-state index contributed by atoms with van der Waals surface area (Å²) in [5.74, 6) is -0.819. The Morgan fingerprint density at radius 2 is 1.95 bits per heavy atom. The van der Waals surface area contributed by atoms with E-state index in [1.807, 2.05) is 0 Å². The van der Waals surface area contributed by atoms with Gasteiger partial charge >= 0.3 is 5.97 Å². The number of ether oxygens (including phenoxy) is 2. The molecule has 8 heteroatoms. The van der Waals surface area contributed by atoms with E-state index in [0.29, 0.717) is 18.7 Å². The van der Waals surface area contributed by atoms with Crippen molar-refractivity contribution in [2.45, 2.75) is 13.3 Å². The molecule has 1 unspecified atom stereocenters. The van der Waals surface area contributed by atoms with Gasteiger partial charge in [-0.3, -0.25) is 14.9 Å². The number of aliphatic carboxylic acids is 1. The number of benzene rings is 1. The van der Waals surface area contributed by atoms with Crippen LogP contribution in [0.1, 0.15) is 13.3 Å². The lowest BCUT2D eigenvalue weighted by atomic mass is 10.1. The molecule has 0 saturated carbocycles. The molecule has 1 aromatic rings. The number of carbonyl (C=O) groups is 1. The van der Waals surface area contributed by atoms with Crippen molar-refractivity contribution in [1.82, 2.24) is 0 Å². The van der Waals surface area contributed by atoms with Crippen molar-refractivity contribution in [3.63, 3.8) is 0 Å². The topological polar surface area (TPSA) is 111 Å². The van der Waals surface area contributed by atoms with Crippen molar-refractivity contribution in [1.29, 1.82) is 0 Å². The number of methoxy groups -OCH3 is 2. The van der Waals surface area contributed by atoms with Crippen molar-refractivity contribution in [3.05, 3.63) is 22.2 Å². The number of anilines is 1. The molecule has 1 atom stereocenters. The first kappa shape index (κ1) is 16.5. The summed E-state index contributed by atoms with van der Waals surface area (Å²) in [6.07, 6.45) is 0.348. The zero-order valence-electron chi connectivity index (χ0n) is 12.1. The third-order valence-corrected chi connectivity index (χ3v) is 3.01. The molecule has 116 valence electrons. The van der Waals surface area contributed by atoms with Crippen LogP contribution < -0.4 is 14.8 Å². The number of nitro benzene ring substituents is 1. The van der Waals surface area contributed by atoms with E-state index in [1.165, 1.54) is 26.4 Å². The Bertz CT molecular complexity index is 532. The van der Waals surface area contributed by atoms with Crippen LogP contribution in [0.5, 0.6) is 11.5 Å². The number of nitrogens with zero attached hydrogens (tertiary/aromatic N) is 1. The summed E-state index contributed by atoms with van der Waals surface area (Å²) in [4.78, 5) is 21.3. The standard InChI is InChI=1S/C13H18N2O6/c1-8(13(16)17)4-5-14-9-6-11(20-2)12(21-3)7-10(9)15(18)19/h6-8,14H,4-5H2,1-3H3,(H,16,17). The van der Waals surface area contributed by atoms with Crippen LogP contribution in [-0.4, -0.2) is 36.8 Å². The molecule has 2 N–H and O–H groups in total. The van der Waals surface area contributed by atoms with Gasteiger partial charge in [0.1, 0.15) is 5.69 Å². The van der Waals surface area contributed by atoms with E-state index < -0.39 is 16.8 Å². The summed E-state index contributed by atoms with van der Waals surface area (Å²) >= 11 is 0. The molecule has 0 aliphatic rings. The highest BCUT2D eigenvalue weighted by molar-refractivity contribution is 5.70. The highest BCUT2D eigenvalue weighted by Gasteiger charge is 2.19. The van der Waals surface area contributed by atoms with Gasteiger partial charge in [-0.2, -0.15) is 0 Å². The quantitative estimate of drug-likeness (QED) is 0.558. The van der Waals surface area contributed by atoms with Crippen molar-refractivity contribution in [2.75, 3.05) is 26.1 Å². The molecule has 0 saturated heterocycles. The van der Waals surface area contributed by atoms with Crippen LogP contribution in [-0.2, 0) is 4.79 Å². The predicted molar refractivity (Wildman–Crippen MR) is 76.1 cm³/mol. The minimum absolute atomic E-state index is 0.157. The largest absolute Gasteiger partial charge is 0.493 e. The van der Waals surface area contributed by atoms with Gasteiger partial charge in [-0.15, -0.1) is 0 Å². The summed E-state index contributed by atoms with van der Waals surface area (Å²) in [5.41, 5.74) is 0.103. The van der Waals surface area contributed by atoms with Gasteiger partial charge in [-0.25, -0.2) is 0 Å². The maximum absolute atomic E-state index is 11.1. The van der Waals surface area contributed by atoms with E-state index in [2.05, 4.69) is 5.32 Å². The minimum atomic E-state index is -0.904. The van der Waals surface area contributed by atoms with E-state index in [4.69, 9.17) is 14.6 Å². The van der Waals surface area contributed by atoms with Crippen LogP contribution in [0.15, 0.2) is 12.1 Å². The molecule has 0 heterocycles. The highest BCUT2D eigenvalue weighted by Crippen LogP contribution is 2.37. The lowest BCUT2D eigenvalue weighted by molar-refractivity contribution is -0.384. The summed E-state index contributed by atoms with van der Waals surface area (Å²) < 4.78 is 10.1. The Hall–Kier alpha value is -2.51. The third-order valence-electron chi connectivity index (χ3n) is 3.01. The van der Waals surface area contributed by atoms with Crippen LogP contribution >= 0.6 is 0 Å². The molecule has 1 aromatic carbocycles. The average Bonchev–Trinajstić information content (AvgIpc) is 2.45. The molecule has 0 aliphatic heterocycles. The first-order valence-corrected chi connectivity index (χ1v) is 6.27. The lowest BCUT2D eigenvalue weighted by Gasteiger charge is -2.13. The van der Waals surface area contributed by atoms with Gasteiger partial charge in [-0.1, -0.05) is 6.92 Å². The van der Waals surface area contributed by atoms with Crippen LogP contribution in [0.3, 0.4) is 0 Å². The fraction of sp³-hybridized carbons (Fsp3) is 0.462. The smallest absolute Gasteiger partial charge is 0.306 e. The number of carboxylic acids is 1. The molecule has 8 nitrogen and oxygen atoms in total. The molecule has 0 aromatic heterocycles. The molecule has 1 rings (SSSR count). The second-order valence-corrected chi connectivity index (χ2v) is 4.44. The Labute approximate surface area is 121 Å². The van der Waals surface area contributed by atoms with Crippen LogP contribution in [0, 0.1) is 16.0 Å². The number of hydrogen-bond acceptors (Lipinski definition) is 6. The minimum Gasteiger partial charge on any atom is -0.493 e. The fourth-order valence-corrected chi connectivity index (χ4v) is 1.71. The lowest BCUT2D eigenvalue weighted by Crippen LogP contribution is -2.15. The molecule has 21 heavy (non-hydrogen) atoms. The Kier molecular flexibility index (Phi) is 5.77. The number of nitrogens with one attached hydrogen (secondary N) is 1. The Morgan fingerprint density at radius 1 is 1.38 bits per heavy atom. The molecular weight excluding hydrogens is 280 g/mol. The maximum atomic E-state index is 11.1. The second kappa shape index (κ2) is 7.32. The van der Waals surface area contributed by atoms with Crippen LogP contribution in [0.25, 0.3) is 0 Å². The normalized spacial score (nSPS) is 11.6. The summed E-state index contributed by atoms with van der Waals surface area (Å²) in [6, 6.07) is 2.73. The monoisotopic (exact) mass is 298 g/mol. The van der Waals surface area contributed by atoms with Crippen molar-refractivity contribution < 1.29 is 24.3 Å². The SMILES string of the molecule is COc1cc(NCCC(C)C(=O)O)c([N+](=O)[O-])cc1OC. The maximum Gasteiger partial charge on any atom is 0.306 e. The summed E-state index contributed by atoms with van der Waals surface area (Å²) in [7, 11) is 2.82. The zero-order valence-corrected chi connectivity index (χ0v) is 12.1. The van der Waals surface area contributed by atoms with Gasteiger partial charge in [0.2, 0.25) is 0 Å². The number of nitro groups is 1. The zero-order chi connectivity index (χ0) is 16.0. The first-order valence-electron chi connectivity index (χ1n) is 6.27. The fourth-order valence-electron chi connectivity index (χ4n) is 1.71. The molecule has 0 aliphatic carbocycles. The first-order chi connectivity index (χ1) is 9.90. The predicted octanol–water partition coefficient (Wildman–Crippen LogP) is 2.13. The van der Waals surface area contributed by atoms with Gasteiger partial charge in [0.05, 0.1) is 31.1 Å². The van der Waals surface area contributed by atoms with Crippen molar-refractivity contribution in [3.8, 4) is 11.5 Å². The van der Waals surface area contributed by atoms with Crippen LogP contribution in [0.2, 0.25) is 0 Å². The highest BCUT2D eigenvalue weighted by atomic mass is 16.6. The Morgan fingerprint density at radius 3 is 2.43 bits per heavy atom. The second-order valence-electron chi connectivity index (χ2n) is 4.44. The number of hydrogen-bond donors (Lipinski definition) is 2. The summed E-state index contributed by atoms with van der Waals surface area (Å²) in [5, 5.41) is 22.7. The van der Waals surface area contributed by atoms with E-state index >= 15 is 0 Å². The van der Waals surface area contributed by atoms with E-state index in [-0.39, 0.29) is 17.1 Å². The number of rotatable bonds is 8. The van der Waals surface area contributed by atoms with Crippen molar-refractivity contribution >= 4 is 17.3 Å². The van der Waals surface area contributed by atoms with E-state index in [0.717, 1.165) is 0 Å². The average molecular weight is 298 g/mol. The molecule has 0 fully saturated rings. The molecule has 0 radical (unpaired) electrons. The van der Waals surface area contributed by atoms with Gasteiger partial charge < -0.3 is 19.9 Å². The Balaban J connectivity index is 2.94. The third kappa shape index (κ3) is 4.23. The van der Waals surface area contributed by atoms with Gasteiger partial charge in [-0.05, 0) is 6.42 Å². The van der Waals surface area contributed by atoms with Gasteiger partial charge in [0, 0.05) is 12.6 Å². The summed E-state index contributed by atoms with van der Waals surface area (Å²) in [6.45, 7) is 1.87. The molecule has 0 amide bonds. The van der Waals surface area contributed by atoms with Gasteiger partial charge in [0.25, 0.3) is 5.69 Å². The molecular formula is C13H18N2O6.